The Bertz CT molecular complexity index is 1710. The van der Waals surface area contributed by atoms with E-state index in [0.717, 1.165) is 31.6 Å². The molecule has 5 N–H and O–H groups in total. The van der Waals surface area contributed by atoms with E-state index in [1.165, 1.54) is 31.4 Å². The standard InChI is InChI=1S/C30H35N5O8S/c1-41-28(37)19-42-24-9-11-25(12-10-24)44(39,40)34-21-5-7-22(8-6-21)35-15-13-20(14-16-35)31-17-23(36)18-43-27-4-2-3-26-29(27)33-30(38)32-26/h2-12,20,23,31,34,36H,13-19H2,1H3,(H2,32,33,38)/t23-/m0/s1. The molecule has 0 aliphatic carbocycles. The summed E-state index contributed by atoms with van der Waals surface area (Å²) in [7, 11) is -2.56. The number of aromatic amines is 2. The maximum Gasteiger partial charge on any atom is 0.343 e. The minimum atomic E-state index is -3.82. The highest BCUT2D eigenvalue weighted by Gasteiger charge is 2.21. The summed E-state index contributed by atoms with van der Waals surface area (Å²) in [5, 5.41) is 13.9. The molecule has 1 atom stereocenters. The number of nitrogens with one attached hydrogen (secondary N) is 4. The van der Waals surface area contributed by atoms with Gasteiger partial charge in [-0.3, -0.25) is 4.72 Å². The molecule has 2 heterocycles. The van der Waals surface area contributed by atoms with E-state index in [-0.39, 0.29) is 29.8 Å². The van der Waals surface area contributed by atoms with Crippen LogP contribution in [-0.4, -0.2) is 81.6 Å². The Kier molecular flexibility index (Phi) is 9.72. The molecule has 0 unspecified atom stereocenters. The zero-order valence-electron chi connectivity index (χ0n) is 24.1. The largest absolute Gasteiger partial charge is 0.489 e. The molecule has 0 radical (unpaired) electrons. The molecule has 3 aromatic carbocycles. The molecule has 1 saturated heterocycles. The van der Waals surface area contributed by atoms with E-state index in [2.05, 4.69) is 29.6 Å². The van der Waals surface area contributed by atoms with Gasteiger partial charge in [-0.05, 0) is 73.5 Å². The normalized spacial score (nSPS) is 14.7. The van der Waals surface area contributed by atoms with Crippen molar-refractivity contribution >= 4 is 38.4 Å². The maximum atomic E-state index is 12.8. The van der Waals surface area contributed by atoms with Crippen molar-refractivity contribution in [3.05, 3.63) is 77.2 Å². The number of piperidine rings is 1. The van der Waals surface area contributed by atoms with Crippen LogP contribution in [0.4, 0.5) is 11.4 Å². The van der Waals surface area contributed by atoms with Gasteiger partial charge in [0.15, 0.2) is 6.61 Å². The lowest BCUT2D eigenvalue weighted by Crippen LogP contribution is -2.45. The number of para-hydroxylation sites is 1. The number of hydrogen-bond acceptors (Lipinski definition) is 10. The van der Waals surface area contributed by atoms with Gasteiger partial charge in [0, 0.05) is 37.1 Å². The molecule has 1 aliphatic heterocycles. The lowest BCUT2D eigenvalue weighted by Gasteiger charge is -2.34. The van der Waals surface area contributed by atoms with Gasteiger partial charge in [-0.1, -0.05) is 6.07 Å². The molecule has 5 rings (SSSR count). The van der Waals surface area contributed by atoms with Crippen LogP contribution in [0.3, 0.4) is 0 Å². The van der Waals surface area contributed by atoms with E-state index in [1.54, 1.807) is 30.3 Å². The summed E-state index contributed by atoms with van der Waals surface area (Å²) in [5.41, 5.74) is 2.34. The molecular formula is C30H35N5O8S. The van der Waals surface area contributed by atoms with Gasteiger partial charge < -0.3 is 39.5 Å². The summed E-state index contributed by atoms with van der Waals surface area (Å²) < 4.78 is 43.8. The van der Waals surface area contributed by atoms with Gasteiger partial charge in [-0.15, -0.1) is 0 Å². The van der Waals surface area contributed by atoms with Crippen molar-refractivity contribution in [2.75, 3.05) is 49.6 Å². The Balaban J connectivity index is 1.05. The number of sulfonamides is 1. The number of aliphatic hydroxyl groups is 1. The third-order valence-electron chi connectivity index (χ3n) is 7.28. The van der Waals surface area contributed by atoms with Crippen molar-refractivity contribution in [3.8, 4) is 11.5 Å². The first-order valence-electron chi connectivity index (χ1n) is 14.1. The summed E-state index contributed by atoms with van der Waals surface area (Å²) in [4.78, 5) is 30.5. The molecule has 0 amide bonds. The van der Waals surface area contributed by atoms with Crippen LogP contribution in [0.2, 0.25) is 0 Å². The van der Waals surface area contributed by atoms with Crippen molar-refractivity contribution in [3.63, 3.8) is 0 Å². The van der Waals surface area contributed by atoms with E-state index in [4.69, 9.17) is 9.47 Å². The molecular weight excluding hydrogens is 590 g/mol. The van der Waals surface area contributed by atoms with Gasteiger partial charge in [-0.25, -0.2) is 18.0 Å². The number of fused-ring (bicyclic) bond motifs is 1. The first-order chi connectivity index (χ1) is 21.2. The number of imidazole rings is 1. The van der Waals surface area contributed by atoms with Crippen LogP contribution >= 0.6 is 0 Å². The summed E-state index contributed by atoms with van der Waals surface area (Å²) in [6.45, 7) is 1.82. The second-order valence-corrected chi connectivity index (χ2v) is 12.1. The number of nitrogens with zero attached hydrogens (tertiary/aromatic N) is 1. The van der Waals surface area contributed by atoms with E-state index >= 15 is 0 Å². The Morgan fingerprint density at radius 2 is 1.75 bits per heavy atom. The molecule has 1 aromatic heterocycles. The molecule has 14 heteroatoms. The van der Waals surface area contributed by atoms with Crippen molar-refractivity contribution in [2.24, 2.45) is 0 Å². The number of esters is 1. The molecule has 1 fully saturated rings. The number of aromatic nitrogens is 2. The summed E-state index contributed by atoms with van der Waals surface area (Å²) >= 11 is 0. The third-order valence-corrected chi connectivity index (χ3v) is 8.68. The van der Waals surface area contributed by atoms with Crippen LogP contribution in [0.5, 0.6) is 11.5 Å². The van der Waals surface area contributed by atoms with E-state index in [9.17, 15) is 23.1 Å². The van der Waals surface area contributed by atoms with Crippen LogP contribution in [0.25, 0.3) is 11.0 Å². The first-order valence-corrected chi connectivity index (χ1v) is 15.6. The lowest BCUT2D eigenvalue weighted by atomic mass is 10.0. The second-order valence-electron chi connectivity index (χ2n) is 10.4. The van der Waals surface area contributed by atoms with Crippen LogP contribution in [-0.2, 0) is 19.6 Å². The molecule has 13 nitrogen and oxygen atoms in total. The number of H-pyrrole nitrogens is 2. The third kappa shape index (κ3) is 7.89. The first kappa shape index (κ1) is 30.9. The molecule has 234 valence electrons. The number of methoxy groups -OCH3 is 1. The van der Waals surface area contributed by atoms with Crippen molar-refractivity contribution in [1.29, 1.82) is 0 Å². The maximum absolute atomic E-state index is 12.8. The number of anilines is 2. The number of carbonyl (C=O) groups is 1. The average molecular weight is 626 g/mol. The quantitative estimate of drug-likeness (QED) is 0.139. The van der Waals surface area contributed by atoms with Crippen molar-refractivity contribution in [1.82, 2.24) is 15.3 Å². The fourth-order valence-electron chi connectivity index (χ4n) is 4.91. The summed E-state index contributed by atoms with van der Waals surface area (Å²) in [6.07, 6.45) is 1.04. The van der Waals surface area contributed by atoms with Gasteiger partial charge >= 0.3 is 11.7 Å². The average Bonchev–Trinajstić information content (AvgIpc) is 3.43. The van der Waals surface area contributed by atoms with Gasteiger partial charge in [0.2, 0.25) is 0 Å². The minimum absolute atomic E-state index is 0.0626. The Hall–Kier alpha value is -4.53. The topological polar surface area (TPSA) is 175 Å². The molecule has 44 heavy (non-hydrogen) atoms. The Morgan fingerprint density at radius 3 is 2.45 bits per heavy atom. The Morgan fingerprint density at radius 1 is 1.02 bits per heavy atom. The van der Waals surface area contributed by atoms with Crippen LogP contribution in [0, 0.1) is 0 Å². The summed E-state index contributed by atoms with van der Waals surface area (Å²) in [6, 6.07) is 18.5. The highest BCUT2D eigenvalue weighted by Crippen LogP contribution is 2.25. The molecule has 0 bridgehead atoms. The highest BCUT2D eigenvalue weighted by atomic mass is 32.2. The number of hydrogen-bond donors (Lipinski definition) is 5. The molecule has 0 saturated carbocycles. The number of carbonyl (C=O) groups excluding carboxylic acids is 1. The van der Waals surface area contributed by atoms with E-state index in [0.29, 0.717) is 34.8 Å². The summed E-state index contributed by atoms with van der Waals surface area (Å²) in [5.74, 6) is 0.322. The van der Waals surface area contributed by atoms with E-state index < -0.39 is 22.1 Å². The molecule has 1 aliphatic rings. The van der Waals surface area contributed by atoms with Gasteiger partial charge in [0.05, 0.1) is 17.5 Å². The second kappa shape index (κ2) is 13.8. The predicted octanol–water partition coefficient (Wildman–Crippen LogP) is 2.21. The van der Waals surface area contributed by atoms with Crippen LogP contribution in [0.15, 0.2) is 76.4 Å². The number of ether oxygens (including phenoxy) is 3. The molecule has 0 spiro atoms. The lowest BCUT2D eigenvalue weighted by molar-refractivity contribution is -0.142. The number of aliphatic hydroxyl groups excluding tert-OH is 1. The van der Waals surface area contributed by atoms with Gasteiger partial charge in [-0.2, -0.15) is 0 Å². The fourth-order valence-corrected chi connectivity index (χ4v) is 5.97. The minimum Gasteiger partial charge on any atom is -0.489 e. The van der Waals surface area contributed by atoms with Crippen molar-refractivity contribution < 1.29 is 32.5 Å². The predicted molar refractivity (Wildman–Crippen MR) is 165 cm³/mol. The zero-order chi connectivity index (χ0) is 31.1. The van der Waals surface area contributed by atoms with Crippen LogP contribution < -0.4 is 30.1 Å². The van der Waals surface area contributed by atoms with Gasteiger partial charge in [0.1, 0.15) is 29.7 Å². The fraction of sp³-hybridized carbons (Fsp3) is 0.333. The number of rotatable bonds is 13. The van der Waals surface area contributed by atoms with E-state index in [1.807, 2.05) is 12.1 Å². The highest BCUT2D eigenvalue weighted by molar-refractivity contribution is 7.92. The van der Waals surface area contributed by atoms with Crippen LogP contribution in [0.1, 0.15) is 12.8 Å². The smallest absolute Gasteiger partial charge is 0.343 e. The zero-order valence-corrected chi connectivity index (χ0v) is 24.9. The van der Waals surface area contributed by atoms with Crippen molar-refractivity contribution in [2.45, 2.75) is 29.9 Å². The number of benzene rings is 3. The monoisotopic (exact) mass is 625 g/mol. The van der Waals surface area contributed by atoms with Gasteiger partial charge in [0.25, 0.3) is 10.0 Å². The Labute approximate surface area is 254 Å². The molecule has 4 aromatic rings. The SMILES string of the molecule is COC(=O)COc1ccc(S(=O)(=O)Nc2ccc(N3CCC(NC[C@H](O)COc4cccc5[nH]c(=O)[nH]c45)CC3)cc2)cc1.